The highest BCUT2D eigenvalue weighted by Crippen LogP contribution is 2.22. The second kappa shape index (κ2) is 2.84. The van der Waals surface area contributed by atoms with Gasteiger partial charge in [0.1, 0.15) is 17.5 Å². The van der Waals surface area contributed by atoms with Gasteiger partial charge in [0.25, 0.3) is 0 Å². The van der Waals surface area contributed by atoms with Crippen molar-refractivity contribution in [3.8, 4) is 11.5 Å². The van der Waals surface area contributed by atoms with E-state index in [9.17, 15) is 0 Å². The molecule has 74 valence electrons. The maximum atomic E-state index is 5.80. The van der Waals surface area contributed by atoms with Crippen LogP contribution < -0.4 is 5.73 Å². The van der Waals surface area contributed by atoms with Crippen LogP contribution in [-0.2, 0) is 0 Å². The Hall–Kier alpha value is -2.30. The molecule has 2 heterocycles. The summed E-state index contributed by atoms with van der Waals surface area (Å²) in [4.78, 5) is 7.48. The fraction of sp³-hybridized carbons (Fsp3) is 0. The molecule has 0 saturated heterocycles. The van der Waals surface area contributed by atoms with E-state index >= 15 is 0 Å². The van der Waals surface area contributed by atoms with Crippen molar-refractivity contribution in [2.45, 2.75) is 0 Å². The number of anilines is 1. The lowest BCUT2D eigenvalue weighted by Crippen LogP contribution is -1.85. The van der Waals surface area contributed by atoms with Crippen molar-refractivity contribution in [2.75, 3.05) is 5.73 Å². The van der Waals surface area contributed by atoms with Gasteiger partial charge in [0.2, 0.25) is 0 Å². The van der Waals surface area contributed by atoms with Crippen LogP contribution in [0.1, 0.15) is 0 Å². The summed E-state index contributed by atoms with van der Waals surface area (Å²) in [5.74, 6) is 0.664. The summed E-state index contributed by atoms with van der Waals surface area (Å²) in [5.41, 5.74) is 8.78. The molecule has 1 aromatic carbocycles. The fourth-order valence-corrected chi connectivity index (χ4v) is 1.51. The molecule has 0 aliphatic heterocycles. The molecule has 15 heavy (non-hydrogen) atoms. The highest BCUT2D eigenvalue weighted by molar-refractivity contribution is 5.88. The highest BCUT2D eigenvalue weighted by atomic mass is 16.5. The molecular formula is C10H8N4O. The predicted octanol–water partition coefficient (Wildman–Crippen LogP) is 1.80. The Balaban J connectivity index is 2.27. The molecule has 0 bridgehead atoms. The predicted molar refractivity (Wildman–Crippen MR) is 56.0 cm³/mol. The summed E-state index contributed by atoms with van der Waals surface area (Å²) in [6.07, 6.45) is 1.51. The van der Waals surface area contributed by atoms with Crippen molar-refractivity contribution in [1.29, 1.82) is 0 Å². The maximum Gasteiger partial charge on any atom is 0.160 e. The number of nitrogens with zero attached hydrogens (tertiary/aromatic N) is 2. The molecule has 5 heteroatoms. The van der Waals surface area contributed by atoms with Gasteiger partial charge in [0.05, 0.1) is 11.2 Å². The Kier molecular flexibility index (Phi) is 1.53. The van der Waals surface area contributed by atoms with E-state index in [-0.39, 0.29) is 0 Å². The van der Waals surface area contributed by atoms with Gasteiger partial charge in [0.15, 0.2) is 5.82 Å². The molecule has 2 aromatic heterocycles. The van der Waals surface area contributed by atoms with Crippen LogP contribution in [0.4, 0.5) is 5.69 Å². The normalized spacial score (nSPS) is 10.9. The molecule has 3 N–H and O–H groups in total. The molecular weight excluding hydrogens is 192 g/mol. The monoisotopic (exact) mass is 200 g/mol. The van der Waals surface area contributed by atoms with Gasteiger partial charge in [0, 0.05) is 6.07 Å². The molecule has 3 aromatic rings. The Labute approximate surface area is 84.9 Å². The number of nitrogens with two attached hydrogens (primary N) is 1. The van der Waals surface area contributed by atoms with Crippen molar-refractivity contribution in [2.24, 2.45) is 0 Å². The first-order valence-corrected chi connectivity index (χ1v) is 4.49. The summed E-state index contributed by atoms with van der Waals surface area (Å²) in [6.45, 7) is 0. The van der Waals surface area contributed by atoms with Crippen LogP contribution in [0.15, 0.2) is 35.1 Å². The second-order valence-electron chi connectivity index (χ2n) is 3.21. The Bertz CT molecular complexity index is 597. The minimum Gasteiger partial charge on any atom is -0.397 e. The van der Waals surface area contributed by atoms with Crippen LogP contribution in [0, 0.1) is 0 Å². The summed E-state index contributed by atoms with van der Waals surface area (Å²) < 4.78 is 4.75. The number of nitrogen functional groups attached to an aromatic ring is 1. The van der Waals surface area contributed by atoms with Gasteiger partial charge in [-0.2, -0.15) is 0 Å². The van der Waals surface area contributed by atoms with Gasteiger partial charge in [-0.05, 0) is 12.1 Å². The van der Waals surface area contributed by atoms with E-state index in [4.69, 9.17) is 10.3 Å². The van der Waals surface area contributed by atoms with E-state index in [1.54, 1.807) is 6.07 Å². The first-order chi connectivity index (χ1) is 7.34. The Morgan fingerprint density at radius 2 is 2.20 bits per heavy atom. The molecule has 0 atom stereocenters. The van der Waals surface area contributed by atoms with Crippen LogP contribution in [0.5, 0.6) is 0 Å². The average molecular weight is 200 g/mol. The number of rotatable bonds is 1. The number of H-pyrrole nitrogens is 1. The van der Waals surface area contributed by atoms with E-state index in [1.807, 2.05) is 18.2 Å². The van der Waals surface area contributed by atoms with E-state index < -0.39 is 0 Å². The van der Waals surface area contributed by atoms with Crippen molar-refractivity contribution in [3.63, 3.8) is 0 Å². The second-order valence-corrected chi connectivity index (χ2v) is 3.21. The van der Waals surface area contributed by atoms with Crippen molar-refractivity contribution < 1.29 is 4.52 Å². The quantitative estimate of drug-likeness (QED) is 0.587. The lowest BCUT2D eigenvalue weighted by Gasteiger charge is -1.90. The van der Waals surface area contributed by atoms with E-state index in [0.29, 0.717) is 17.2 Å². The van der Waals surface area contributed by atoms with Gasteiger partial charge in [-0.1, -0.05) is 11.2 Å². The first kappa shape index (κ1) is 8.05. The van der Waals surface area contributed by atoms with Gasteiger partial charge in [-0.3, -0.25) is 0 Å². The molecule has 5 nitrogen and oxygen atoms in total. The zero-order valence-corrected chi connectivity index (χ0v) is 7.77. The number of imidazole rings is 1. The smallest absolute Gasteiger partial charge is 0.160 e. The number of hydrogen-bond acceptors (Lipinski definition) is 4. The van der Waals surface area contributed by atoms with Gasteiger partial charge in [-0.15, -0.1) is 0 Å². The Morgan fingerprint density at radius 3 is 2.93 bits per heavy atom. The zero-order valence-electron chi connectivity index (χ0n) is 7.77. The van der Waals surface area contributed by atoms with Crippen LogP contribution in [-0.4, -0.2) is 15.1 Å². The number of aromatic nitrogens is 3. The zero-order chi connectivity index (χ0) is 10.3. The third-order valence-electron chi connectivity index (χ3n) is 2.22. The molecule has 0 spiro atoms. The standard InChI is InChI=1S/C10H8N4O/c11-6-2-1-3-7-9(6)13-10(12-7)8-4-5-15-14-8/h1-5H,11H2,(H,12,13). The number of para-hydroxylation sites is 1. The van der Waals surface area contributed by atoms with Crippen molar-refractivity contribution >= 4 is 16.7 Å². The van der Waals surface area contributed by atoms with Gasteiger partial charge >= 0.3 is 0 Å². The third-order valence-corrected chi connectivity index (χ3v) is 2.22. The number of benzene rings is 1. The van der Waals surface area contributed by atoms with E-state index in [1.165, 1.54) is 6.26 Å². The van der Waals surface area contributed by atoms with Crippen LogP contribution in [0.3, 0.4) is 0 Å². The molecule has 0 aliphatic carbocycles. The summed E-state index contributed by atoms with van der Waals surface area (Å²) >= 11 is 0. The molecule has 0 radical (unpaired) electrons. The van der Waals surface area contributed by atoms with Crippen LogP contribution in [0.2, 0.25) is 0 Å². The third kappa shape index (κ3) is 1.17. The minimum absolute atomic E-state index is 0.651. The molecule has 0 amide bonds. The summed E-state index contributed by atoms with van der Waals surface area (Å²) in [6, 6.07) is 7.36. The lowest BCUT2D eigenvalue weighted by atomic mass is 10.3. The van der Waals surface area contributed by atoms with Gasteiger partial charge < -0.3 is 15.2 Å². The minimum atomic E-state index is 0.651. The van der Waals surface area contributed by atoms with Crippen LogP contribution >= 0.6 is 0 Å². The Morgan fingerprint density at radius 1 is 1.27 bits per heavy atom. The number of aromatic amines is 1. The number of fused-ring (bicyclic) bond motifs is 1. The van der Waals surface area contributed by atoms with E-state index in [2.05, 4.69) is 15.1 Å². The average Bonchev–Trinajstić information content (AvgIpc) is 2.86. The molecule has 0 saturated carbocycles. The SMILES string of the molecule is Nc1cccc2[nH]c(-c3ccon3)nc12. The topological polar surface area (TPSA) is 80.7 Å². The molecule has 0 aliphatic rings. The first-order valence-electron chi connectivity index (χ1n) is 4.49. The maximum absolute atomic E-state index is 5.80. The number of hydrogen-bond donors (Lipinski definition) is 2. The highest BCUT2D eigenvalue weighted by Gasteiger charge is 2.08. The van der Waals surface area contributed by atoms with E-state index in [0.717, 1.165) is 11.0 Å². The molecule has 0 fully saturated rings. The van der Waals surface area contributed by atoms with Crippen molar-refractivity contribution in [1.82, 2.24) is 15.1 Å². The van der Waals surface area contributed by atoms with Gasteiger partial charge in [-0.25, -0.2) is 4.98 Å². The summed E-state index contributed by atoms with van der Waals surface area (Å²) in [5, 5.41) is 3.80. The lowest BCUT2D eigenvalue weighted by molar-refractivity contribution is 0.422. The van der Waals surface area contributed by atoms with Crippen molar-refractivity contribution in [3.05, 3.63) is 30.5 Å². The molecule has 0 unspecified atom stereocenters. The largest absolute Gasteiger partial charge is 0.397 e. The molecule has 3 rings (SSSR count). The summed E-state index contributed by atoms with van der Waals surface area (Å²) in [7, 11) is 0. The van der Waals surface area contributed by atoms with Crippen LogP contribution in [0.25, 0.3) is 22.6 Å². The fourth-order valence-electron chi connectivity index (χ4n) is 1.51. The number of nitrogens with one attached hydrogen (secondary N) is 1.